The van der Waals surface area contributed by atoms with Gasteiger partial charge in [-0.15, -0.1) is 11.3 Å². The van der Waals surface area contributed by atoms with Crippen LogP contribution in [0.4, 0.5) is 0 Å². The molecule has 3 nitrogen and oxygen atoms in total. The first-order chi connectivity index (χ1) is 11.1. The molecule has 0 atom stereocenters. The van der Waals surface area contributed by atoms with E-state index in [4.69, 9.17) is 10.5 Å². The molecule has 0 aliphatic heterocycles. The van der Waals surface area contributed by atoms with Gasteiger partial charge in [-0.05, 0) is 29.9 Å². The standard InChI is InChI=1S/C20H30N2OS/c1-8-23-18-14(19(2,3)4)9-13(10-15(18)20(5,6)7)16-12-24-17(11-21)22-16/h9-10,12H,8,11,21H2,1-7H3. The second-order valence-electron chi connectivity index (χ2n) is 8.16. The molecule has 1 heterocycles. The van der Waals surface area contributed by atoms with Crippen molar-refractivity contribution in [3.05, 3.63) is 33.6 Å². The van der Waals surface area contributed by atoms with Gasteiger partial charge in [-0.25, -0.2) is 4.98 Å². The van der Waals surface area contributed by atoms with Crippen molar-refractivity contribution in [2.24, 2.45) is 5.73 Å². The number of aromatic nitrogens is 1. The number of hydrogen-bond donors (Lipinski definition) is 1. The van der Waals surface area contributed by atoms with E-state index < -0.39 is 0 Å². The van der Waals surface area contributed by atoms with Gasteiger partial charge in [0, 0.05) is 28.6 Å². The predicted molar refractivity (Wildman–Crippen MR) is 104 cm³/mol. The molecule has 0 bridgehead atoms. The topological polar surface area (TPSA) is 48.1 Å². The van der Waals surface area contributed by atoms with Crippen molar-refractivity contribution in [1.82, 2.24) is 4.98 Å². The molecule has 0 amide bonds. The zero-order valence-corrected chi connectivity index (χ0v) is 16.8. The maximum Gasteiger partial charge on any atom is 0.126 e. The van der Waals surface area contributed by atoms with E-state index >= 15 is 0 Å². The first kappa shape index (κ1) is 18.9. The summed E-state index contributed by atoms with van der Waals surface area (Å²) in [5.74, 6) is 1.02. The highest BCUT2D eigenvalue weighted by molar-refractivity contribution is 7.09. The van der Waals surface area contributed by atoms with Gasteiger partial charge in [0.1, 0.15) is 10.8 Å². The molecule has 132 valence electrons. The van der Waals surface area contributed by atoms with E-state index in [9.17, 15) is 0 Å². The van der Waals surface area contributed by atoms with Gasteiger partial charge in [0.25, 0.3) is 0 Å². The van der Waals surface area contributed by atoms with Crippen LogP contribution in [0.1, 0.15) is 64.6 Å². The average molecular weight is 347 g/mol. The van der Waals surface area contributed by atoms with Crippen molar-refractivity contribution in [1.29, 1.82) is 0 Å². The number of nitrogens with zero attached hydrogens (tertiary/aromatic N) is 1. The quantitative estimate of drug-likeness (QED) is 0.821. The molecule has 0 unspecified atom stereocenters. The fourth-order valence-corrected chi connectivity index (χ4v) is 3.41. The van der Waals surface area contributed by atoms with Gasteiger partial charge in [-0.2, -0.15) is 0 Å². The van der Waals surface area contributed by atoms with Gasteiger partial charge >= 0.3 is 0 Å². The lowest BCUT2D eigenvalue weighted by atomic mass is 9.78. The molecule has 1 aromatic heterocycles. The van der Waals surface area contributed by atoms with E-state index in [0.717, 1.165) is 22.0 Å². The molecule has 1 aromatic carbocycles. The summed E-state index contributed by atoms with van der Waals surface area (Å²) in [5, 5.41) is 3.06. The Morgan fingerprint density at radius 3 is 1.96 bits per heavy atom. The Balaban J connectivity index is 2.74. The number of rotatable bonds is 4. The van der Waals surface area contributed by atoms with Crippen LogP contribution in [-0.2, 0) is 17.4 Å². The summed E-state index contributed by atoms with van der Waals surface area (Å²) in [4.78, 5) is 4.67. The molecule has 2 aromatic rings. The third-order valence-electron chi connectivity index (χ3n) is 4.02. The minimum absolute atomic E-state index is 0.00671. The normalized spacial score (nSPS) is 12.5. The van der Waals surface area contributed by atoms with Crippen LogP contribution in [-0.4, -0.2) is 11.6 Å². The van der Waals surface area contributed by atoms with Gasteiger partial charge in [-0.1, -0.05) is 41.5 Å². The fourth-order valence-electron chi connectivity index (χ4n) is 2.73. The molecular formula is C20H30N2OS. The summed E-state index contributed by atoms with van der Waals surface area (Å²) in [7, 11) is 0. The van der Waals surface area contributed by atoms with Gasteiger partial charge in [-0.3, -0.25) is 0 Å². The van der Waals surface area contributed by atoms with Crippen LogP contribution in [0.15, 0.2) is 17.5 Å². The predicted octanol–water partition coefficient (Wildman–Crippen LogP) is 5.26. The highest BCUT2D eigenvalue weighted by Gasteiger charge is 2.28. The van der Waals surface area contributed by atoms with Crippen molar-refractivity contribution >= 4 is 11.3 Å². The molecular weight excluding hydrogens is 316 g/mol. The minimum Gasteiger partial charge on any atom is -0.493 e. The number of ether oxygens (including phenoxy) is 1. The van der Waals surface area contributed by atoms with Crippen molar-refractivity contribution in [3.8, 4) is 17.0 Å². The zero-order valence-electron chi connectivity index (χ0n) is 16.0. The van der Waals surface area contributed by atoms with Gasteiger partial charge in [0.2, 0.25) is 0 Å². The summed E-state index contributed by atoms with van der Waals surface area (Å²) in [6.45, 7) is 16.6. The Bertz CT molecular complexity index is 670. The SMILES string of the molecule is CCOc1c(C(C)(C)C)cc(-c2csc(CN)n2)cc1C(C)(C)C. The molecule has 2 N–H and O–H groups in total. The Morgan fingerprint density at radius 2 is 1.58 bits per heavy atom. The Morgan fingerprint density at radius 1 is 1.04 bits per heavy atom. The second kappa shape index (κ2) is 6.85. The first-order valence-electron chi connectivity index (χ1n) is 8.54. The summed E-state index contributed by atoms with van der Waals surface area (Å²) in [5.41, 5.74) is 10.3. The highest BCUT2D eigenvalue weighted by atomic mass is 32.1. The average Bonchev–Trinajstić information content (AvgIpc) is 2.94. The minimum atomic E-state index is -0.00671. The van der Waals surface area contributed by atoms with Crippen molar-refractivity contribution < 1.29 is 4.74 Å². The van der Waals surface area contributed by atoms with Crippen LogP contribution < -0.4 is 10.5 Å². The molecule has 0 spiro atoms. The highest BCUT2D eigenvalue weighted by Crippen LogP contribution is 2.42. The molecule has 24 heavy (non-hydrogen) atoms. The van der Waals surface area contributed by atoms with Gasteiger partial charge < -0.3 is 10.5 Å². The molecule has 0 saturated heterocycles. The third kappa shape index (κ3) is 3.98. The van der Waals surface area contributed by atoms with Gasteiger partial charge in [0.15, 0.2) is 0 Å². The monoisotopic (exact) mass is 346 g/mol. The zero-order chi connectivity index (χ0) is 18.1. The van der Waals surface area contributed by atoms with E-state index in [0.29, 0.717) is 13.2 Å². The van der Waals surface area contributed by atoms with E-state index in [1.807, 2.05) is 6.92 Å². The smallest absolute Gasteiger partial charge is 0.126 e. The van der Waals surface area contributed by atoms with Crippen molar-refractivity contribution in [2.45, 2.75) is 65.8 Å². The Kier molecular flexibility index (Phi) is 5.41. The van der Waals surface area contributed by atoms with Crippen molar-refractivity contribution in [2.75, 3.05) is 6.61 Å². The number of thiazole rings is 1. The van der Waals surface area contributed by atoms with Crippen LogP contribution in [0.2, 0.25) is 0 Å². The van der Waals surface area contributed by atoms with E-state index in [-0.39, 0.29) is 10.8 Å². The molecule has 2 rings (SSSR count). The molecule has 0 aliphatic carbocycles. The maximum absolute atomic E-state index is 6.10. The molecule has 0 fully saturated rings. The lowest BCUT2D eigenvalue weighted by Crippen LogP contribution is -2.20. The largest absolute Gasteiger partial charge is 0.493 e. The van der Waals surface area contributed by atoms with Crippen molar-refractivity contribution in [3.63, 3.8) is 0 Å². The summed E-state index contributed by atoms with van der Waals surface area (Å²) in [6.07, 6.45) is 0. The molecule has 0 radical (unpaired) electrons. The fraction of sp³-hybridized carbons (Fsp3) is 0.550. The number of hydrogen-bond acceptors (Lipinski definition) is 4. The van der Waals surface area contributed by atoms with Crippen LogP contribution in [0, 0.1) is 0 Å². The summed E-state index contributed by atoms with van der Waals surface area (Å²) in [6, 6.07) is 4.46. The maximum atomic E-state index is 6.10. The van der Waals surface area contributed by atoms with Crippen LogP contribution >= 0.6 is 11.3 Å². The second-order valence-corrected chi connectivity index (χ2v) is 9.11. The van der Waals surface area contributed by atoms with E-state index in [1.54, 1.807) is 11.3 Å². The number of nitrogens with two attached hydrogens (primary N) is 1. The van der Waals surface area contributed by atoms with E-state index in [1.165, 1.54) is 11.1 Å². The number of benzene rings is 1. The lowest BCUT2D eigenvalue weighted by molar-refractivity contribution is 0.319. The Hall–Kier alpha value is -1.39. The van der Waals surface area contributed by atoms with Crippen LogP contribution in [0.5, 0.6) is 5.75 Å². The van der Waals surface area contributed by atoms with Crippen LogP contribution in [0.3, 0.4) is 0 Å². The Labute approximate surface area is 150 Å². The van der Waals surface area contributed by atoms with E-state index in [2.05, 4.69) is 64.0 Å². The third-order valence-corrected chi connectivity index (χ3v) is 4.89. The first-order valence-corrected chi connectivity index (χ1v) is 9.42. The molecule has 0 saturated carbocycles. The summed E-state index contributed by atoms with van der Waals surface area (Å²) >= 11 is 1.62. The lowest BCUT2D eigenvalue weighted by Gasteiger charge is -2.30. The molecule has 4 heteroatoms. The summed E-state index contributed by atoms with van der Waals surface area (Å²) < 4.78 is 6.10. The molecule has 0 aliphatic rings. The van der Waals surface area contributed by atoms with Gasteiger partial charge in [0.05, 0.1) is 12.3 Å². The van der Waals surface area contributed by atoms with Crippen LogP contribution in [0.25, 0.3) is 11.3 Å².